The van der Waals surface area contributed by atoms with Crippen LogP contribution in [-0.4, -0.2) is 65.6 Å². The Hall–Kier alpha value is -2.28. The lowest BCUT2D eigenvalue weighted by molar-refractivity contribution is -0.177. The van der Waals surface area contributed by atoms with Crippen molar-refractivity contribution in [2.24, 2.45) is 4.99 Å². The second-order valence-corrected chi connectivity index (χ2v) is 9.19. The van der Waals surface area contributed by atoms with Crippen molar-refractivity contribution in [3.63, 3.8) is 0 Å². The van der Waals surface area contributed by atoms with Gasteiger partial charge < -0.3 is 15.2 Å². The summed E-state index contributed by atoms with van der Waals surface area (Å²) in [6.45, 7) is -0.433. The summed E-state index contributed by atoms with van der Waals surface area (Å²) >= 11 is 4.66. The number of methoxy groups -OCH3 is 1. The van der Waals surface area contributed by atoms with Crippen molar-refractivity contribution in [1.82, 2.24) is 15.2 Å². The number of likely N-dealkylation sites (tertiary alicyclic amines) is 1. The van der Waals surface area contributed by atoms with Crippen molar-refractivity contribution in [1.29, 1.82) is 0 Å². The minimum absolute atomic E-state index is 0.0686. The molecule has 0 bridgehead atoms. The van der Waals surface area contributed by atoms with E-state index in [4.69, 9.17) is 4.74 Å². The largest absolute Gasteiger partial charge is 0.466 e. The van der Waals surface area contributed by atoms with E-state index in [0.717, 1.165) is 0 Å². The maximum Gasteiger partial charge on any atom is 0.338 e. The molecule has 2 N–H and O–H groups in total. The van der Waals surface area contributed by atoms with Crippen molar-refractivity contribution < 1.29 is 27.8 Å². The first-order valence-corrected chi connectivity index (χ1v) is 11.1. The SMILES string of the molecule is COC(=O)C1=C(CN2CC(O)(C(F)F)C2)NC(c2nccs2)=NC1c1ccc(F)cc1Br. The number of thiazole rings is 1. The summed E-state index contributed by atoms with van der Waals surface area (Å²) in [5.41, 5.74) is -1.01. The second-order valence-electron chi connectivity index (χ2n) is 7.44. The summed E-state index contributed by atoms with van der Waals surface area (Å²) in [6, 6.07) is 3.18. The number of aliphatic imine (C=N–C) groups is 1. The monoisotopic (exact) mass is 530 g/mol. The standard InChI is InChI=1S/C20H18BrF3N4O3S/c1-31-18(29)14-13(7-28-8-20(30,9-28)19(23)24)26-16(17-25-4-5-32-17)27-15(14)11-3-2-10(22)6-12(11)21/h2-6,15,19,30H,7-9H2,1H3,(H,26,27). The molecular weight excluding hydrogens is 513 g/mol. The van der Waals surface area contributed by atoms with E-state index in [2.05, 4.69) is 31.2 Å². The van der Waals surface area contributed by atoms with Crippen LogP contribution in [0.5, 0.6) is 0 Å². The van der Waals surface area contributed by atoms with E-state index >= 15 is 0 Å². The molecule has 1 fully saturated rings. The smallest absolute Gasteiger partial charge is 0.338 e. The van der Waals surface area contributed by atoms with Crippen molar-refractivity contribution >= 4 is 39.1 Å². The van der Waals surface area contributed by atoms with Crippen molar-refractivity contribution in [2.45, 2.75) is 18.1 Å². The molecule has 4 rings (SSSR count). The first-order chi connectivity index (χ1) is 15.2. The first-order valence-electron chi connectivity index (χ1n) is 9.45. The predicted octanol–water partition coefficient (Wildman–Crippen LogP) is 2.87. The lowest BCUT2D eigenvalue weighted by atomic mass is 9.92. The normalized spacial score (nSPS) is 20.6. The number of β-amino-alcohol motifs (C(OH)–C–C–N with tert-alkyl or cyclic N) is 1. The quantitative estimate of drug-likeness (QED) is 0.558. The molecule has 12 heteroatoms. The highest BCUT2D eigenvalue weighted by Crippen LogP contribution is 2.38. The third kappa shape index (κ3) is 4.32. The Bertz CT molecular complexity index is 1090. The number of esters is 1. The molecule has 7 nitrogen and oxygen atoms in total. The van der Waals surface area contributed by atoms with Gasteiger partial charge in [0.15, 0.2) is 16.4 Å². The van der Waals surface area contributed by atoms with Crippen molar-refractivity contribution in [3.05, 3.63) is 61.9 Å². The van der Waals surface area contributed by atoms with Crippen LogP contribution in [0.2, 0.25) is 0 Å². The molecule has 1 saturated heterocycles. The van der Waals surface area contributed by atoms with Crippen LogP contribution in [0.15, 0.2) is 50.5 Å². The number of hydrogen-bond acceptors (Lipinski definition) is 8. The number of aliphatic hydroxyl groups is 1. The molecule has 0 aliphatic carbocycles. The van der Waals surface area contributed by atoms with Gasteiger partial charge in [0.05, 0.1) is 12.7 Å². The number of alkyl halides is 2. The molecule has 0 radical (unpaired) electrons. The van der Waals surface area contributed by atoms with Gasteiger partial charge in [-0.2, -0.15) is 0 Å². The number of rotatable bonds is 6. The number of nitrogens with zero attached hydrogens (tertiary/aromatic N) is 3. The maximum atomic E-state index is 13.7. The highest BCUT2D eigenvalue weighted by atomic mass is 79.9. The average molecular weight is 531 g/mol. The van der Waals surface area contributed by atoms with Crippen LogP contribution in [0.4, 0.5) is 13.2 Å². The minimum atomic E-state index is -2.87. The molecule has 0 saturated carbocycles. The molecule has 2 aromatic rings. The summed E-state index contributed by atoms with van der Waals surface area (Å²) in [7, 11) is 1.23. The van der Waals surface area contributed by atoms with Gasteiger partial charge in [-0.25, -0.2) is 22.9 Å². The van der Waals surface area contributed by atoms with Gasteiger partial charge in [-0.1, -0.05) is 22.0 Å². The third-order valence-electron chi connectivity index (χ3n) is 5.21. The minimum Gasteiger partial charge on any atom is -0.466 e. The molecule has 0 amide bonds. The van der Waals surface area contributed by atoms with Crippen LogP contribution < -0.4 is 5.32 Å². The van der Waals surface area contributed by atoms with Gasteiger partial charge in [-0.05, 0) is 17.7 Å². The summed E-state index contributed by atoms with van der Waals surface area (Å²) in [6.07, 6.45) is -1.27. The highest BCUT2D eigenvalue weighted by Gasteiger charge is 2.49. The fourth-order valence-electron chi connectivity index (χ4n) is 3.67. The molecule has 32 heavy (non-hydrogen) atoms. The summed E-state index contributed by atoms with van der Waals surface area (Å²) in [4.78, 5) is 23.3. The Morgan fingerprint density at radius 1 is 1.47 bits per heavy atom. The zero-order valence-electron chi connectivity index (χ0n) is 16.7. The van der Waals surface area contributed by atoms with E-state index in [1.165, 1.54) is 36.6 Å². The Morgan fingerprint density at radius 3 is 2.81 bits per heavy atom. The number of carbonyl (C=O) groups is 1. The summed E-state index contributed by atoms with van der Waals surface area (Å²) in [5.74, 6) is -0.747. The maximum absolute atomic E-state index is 13.7. The van der Waals surface area contributed by atoms with E-state index in [1.807, 2.05) is 0 Å². The number of ether oxygens (including phenoxy) is 1. The number of benzene rings is 1. The number of amidine groups is 1. The summed E-state index contributed by atoms with van der Waals surface area (Å²) in [5, 5.41) is 15.3. The molecule has 1 aromatic carbocycles. The van der Waals surface area contributed by atoms with Crippen LogP contribution in [0.25, 0.3) is 0 Å². The third-order valence-corrected chi connectivity index (χ3v) is 6.67. The molecule has 1 atom stereocenters. The van der Waals surface area contributed by atoms with E-state index in [0.29, 0.717) is 26.6 Å². The van der Waals surface area contributed by atoms with Gasteiger partial charge in [0.2, 0.25) is 0 Å². The van der Waals surface area contributed by atoms with Crippen LogP contribution in [-0.2, 0) is 9.53 Å². The lowest BCUT2D eigenvalue weighted by Crippen LogP contribution is -2.66. The number of carbonyl (C=O) groups excluding carboxylic acids is 1. The van der Waals surface area contributed by atoms with Crippen LogP contribution in [0.3, 0.4) is 0 Å². The van der Waals surface area contributed by atoms with Crippen LogP contribution in [0, 0.1) is 5.82 Å². The van der Waals surface area contributed by atoms with E-state index in [1.54, 1.807) is 16.5 Å². The number of nitrogens with one attached hydrogen (secondary N) is 1. The number of hydrogen-bond donors (Lipinski definition) is 2. The van der Waals surface area contributed by atoms with Gasteiger partial charge in [0, 0.05) is 41.4 Å². The van der Waals surface area contributed by atoms with Gasteiger partial charge in [0.1, 0.15) is 11.9 Å². The molecule has 2 aliphatic rings. The van der Waals surface area contributed by atoms with Gasteiger partial charge in [-0.15, -0.1) is 11.3 Å². The van der Waals surface area contributed by atoms with Gasteiger partial charge in [0.25, 0.3) is 6.43 Å². The summed E-state index contributed by atoms with van der Waals surface area (Å²) < 4.78 is 45.2. The molecule has 0 spiro atoms. The van der Waals surface area contributed by atoms with Gasteiger partial charge in [-0.3, -0.25) is 9.89 Å². The van der Waals surface area contributed by atoms with Crippen LogP contribution in [0.1, 0.15) is 16.6 Å². The Balaban J connectivity index is 1.76. The van der Waals surface area contributed by atoms with Crippen LogP contribution >= 0.6 is 27.3 Å². The Kier molecular flexibility index (Phi) is 6.39. The van der Waals surface area contributed by atoms with Crippen molar-refractivity contribution in [3.8, 4) is 0 Å². The van der Waals surface area contributed by atoms with E-state index in [9.17, 15) is 23.1 Å². The molecule has 1 unspecified atom stereocenters. The topological polar surface area (TPSA) is 87.0 Å². The molecule has 1 aromatic heterocycles. The number of halogens is 4. The molecular formula is C20H18BrF3N4O3S. The molecule has 170 valence electrons. The zero-order valence-corrected chi connectivity index (χ0v) is 19.1. The second kappa shape index (κ2) is 8.93. The average Bonchev–Trinajstić information content (AvgIpc) is 3.26. The number of aromatic nitrogens is 1. The highest BCUT2D eigenvalue weighted by molar-refractivity contribution is 9.10. The molecule has 2 aliphatic heterocycles. The lowest BCUT2D eigenvalue weighted by Gasteiger charge is -2.46. The first kappa shape index (κ1) is 22.9. The fourth-order valence-corrected chi connectivity index (χ4v) is 4.83. The van der Waals surface area contributed by atoms with E-state index < -0.39 is 29.9 Å². The Morgan fingerprint density at radius 2 is 2.22 bits per heavy atom. The Labute approximate surface area is 193 Å². The van der Waals surface area contributed by atoms with Crippen molar-refractivity contribution in [2.75, 3.05) is 26.7 Å². The fraction of sp³-hybridized carbons (Fsp3) is 0.350. The molecule has 3 heterocycles. The zero-order chi connectivity index (χ0) is 23.0. The van der Waals surface area contributed by atoms with Gasteiger partial charge >= 0.3 is 5.97 Å². The van der Waals surface area contributed by atoms with E-state index in [-0.39, 0.29) is 25.2 Å². The predicted molar refractivity (Wildman–Crippen MR) is 115 cm³/mol.